The molecule has 2 atom stereocenters. The van der Waals surface area contributed by atoms with Gasteiger partial charge >= 0.3 is 12.4 Å². The predicted molar refractivity (Wildman–Crippen MR) is 39.6 cm³/mol. The Balaban J connectivity index is 2.72. The van der Waals surface area contributed by atoms with Gasteiger partial charge in [-0.15, -0.1) is 0 Å². The Labute approximate surface area is 86.4 Å². The Morgan fingerprint density at radius 3 is 1.88 bits per heavy atom. The zero-order valence-corrected chi connectivity index (χ0v) is 7.77. The van der Waals surface area contributed by atoms with Gasteiger partial charge in [-0.3, -0.25) is 0 Å². The van der Waals surface area contributed by atoms with Crippen LogP contribution in [0.2, 0.25) is 0 Å². The van der Waals surface area contributed by atoms with Crippen LogP contribution < -0.4 is 5.32 Å². The molecule has 0 spiro atoms. The van der Waals surface area contributed by atoms with E-state index in [0.29, 0.717) is 0 Å². The van der Waals surface area contributed by atoms with Crippen LogP contribution in [0.1, 0.15) is 0 Å². The molecule has 0 aromatic carbocycles. The van der Waals surface area contributed by atoms with Crippen LogP contribution in [-0.2, 0) is 4.74 Å². The maximum absolute atomic E-state index is 12.0. The fourth-order valence-electron chi connectivity index (χ4n) is 1.29. The highest BCUT2D eigenvalue weighted by Gasteiger charge is 2.59. The Morgan fingerprint density at radius 1 is 1.06 bits per heavy atom. The maximum Gasteiger partial charge on any atom is 0.423 e. The van der Waals surface area contributed by atoms with Crippen LogP contribution in [-0.4, -0.2) is 48.9 Å². The molecule has 0 saturated carbocycles. The summed E-state index contributed by atoms with van der Waals surface area (Å²) in [6, 6.07) is 0. The molecule has 0 amide bonds. The maximum atomic E-state index is 12.0. The quantitative estimate of drug-likeness (QED) is 0.716. The minimum Gasteiger partial charge on any atom is -0.389 e. The van der Waals surface area contributed by atoms with Gasteiger partial charge in [0.05, 0.1) is 12.2 Å². The molecule has 0 radical (unpaired) electrons. The van der Waals surface area contributed by atoms with Crippen molar-refractivity contribution in [3.8, 4) is 0 Å². The first-order valence-electron chi connectivity index (χ1n) is 4.30. The summed E-state index contributed by atoms with van der Waals surface area (Å²) in [6.07, 6.45) is -17.8. The largest absolute Gasteiger partial charge is 0.423 e. The summed E-state index contributed by atoms with van der Waals surface area (Å²) < 4.78 is 76.2. The molecule has 3 nitrogen and oxygen atoms in total. The van der Waals surface area contributed by atoms with E-state index in [2.05, 4.69) is 10.1 Å². The fourth-order valence-corrected chi connectivity index (χ4v) is 1.29. The molecule has 0 bridgehead atoms. The molecule has 16 heavy (non-hydrogen) atoms. The molecule has 1 heterocycles. The minimum atomic E-state index is -5.54. The lowest BCUT2D eigenvalue weighted by Gasteiger charge is -2.27. The SMILES string of the molecule is O[C@@H]1CNC[C@H]1OC(C(F)(F)F)C(F)(F)F. The van der Waals surface area contributed by atoms with Crippen molar-refractivity contribution in [3.05, 3.63) is 0 Å². The number of hydrogen-bond acceptors (Lipinski definition) is 3. The summed E-state index contributed by atoms with van der Waals surface area (Å²) in [6.45, 7) is -0.336. The lowest BCUT2D eigenvalue weighted by atomic mass is 10.2. The van der Waals surface area contributed by atoms with Crippen LogP contribution in [0.15, 0.2) is 0 Å². The van der Waals surface area contributed by atoms with Crippen molar-refractivity contribution in [1.29, 1.82) is 0 Å². The molecular weight excluding hydrogens is 244 g/mol. The van der Waals surface area contributed by atoms with Gasteiger partial charge in [-0.1, -0.05) is 0 Å². The summed E-state index contributed by atoms with van der Waals surface area (Å²) in [5.74, 6) is 0. The average molecular weight is 253 g/mol. The molecule has 0 unspecified atom stereocenters. The first-order chi connectivity index (χ1) is 7.12. The van der Waals surface area contributed by atoms with Gasteiger partial charge in [-0.2, -0.15) is 26.3 Å². The van der Waals surface area contributed by atoms with Gasteiger partial charge < -0.3 is 15.2 Å². The fraction of sp³-hybridized carbons (Fsp3) is 1.00. The van der Waals surface area contributed by atoms with E-state index < -0.39 is 30.7 Å². The van der Waals surface area contributed by atoms with E-state index in [1.54, 1.807) is 0 Å². The highest BCUT2D eigenvalue weighted by Crippen LogP contribution is 2.36. The van der Waals surface area contributed by atoms with E-state index >= 15 is 0 Å². The topological polar surface area (TPSA) is 41.5 Å². The van der Waals surface area contributed by atoms with E-state index in [1.165, 1.54) is 0 Å². The number of aliphatic hydroxyl groups excluding tert-OH is 1. The molecule has 96 valence electrons. The van der Waals surface area contributed by atoms with Gasteiger partial charge in [0.1, 0.15) is 0 Å². The minimum absolute atomic E-state index is 0.0902. The van der Waals surface area contributed by atoms with Crippen LogP contribution in [0.25, 0.3) is 0 Å². The van der Waals surface area contributed by atoms with Crippen molar-refractivity contribution in [1.82, 2.24) is 5.32 Å². The molecule has 1 saturated heterocycles. The van der Waals surface area contributed by atoms with Crippen LogP contribution in [0.4, 0.5) is 26.3 Å². The number of halogens is 6. The van der Waals surface area contributed by atoms with Crippen molar-refractivity contribution < 1.29 is 36.2 Å². The highest BCUT2D eigenvalue weighted by atomic mass is 19.4. The summed E-state index contributed by atoms with van der Waals surface area (Å²) in [7, 11) is 0. The summed E-state index contributed by atoms with van der Waals surface area (Å²) >= 11 is 0. The zero-order valence-electron chi connectivity index (χ0n) is 7.77. The number of aliphatic hydroxyl groups is 1. The van der Waals surface area contributed by atoms with Crippen LogP contribution in [0.3, 0.4) is 0 Å². The smallest absolute Gasteiger partial charge is 0.389 e. The first-order valence-corrected chi connectivity index (χ1v) is 4.30. The third-order valence-corrected chi connectivity index (χ3v) is 2.03. The van der Waals surface area contributed by atoms with E-state index in [0.717, 1.165) is 0 Å². The van der Waals surface area contributed by atoms with Crippen LogP contribution in [0.5, 0.6) is 0 Å². The molecule has 2 N–H and O–H groups in total. The van der Waals surface area contributed by atoms with Crippen molar-refractivity contribution in [3.63, 3.8) is 0 Å². The molecule has 0 aromatic rings. The standard InChI is InChI=1S/C7H9F6NO2/c8-6(9,10)5(7(11,12)13)16-4-2-14-1-3(4)15/h3-5,14-15H,1-2H2/t3-,4-/m1/s1. The summed E-state index contributed by atoms with van der Waals surface area (Å²) in [4.78, 5) is 0. The number of rotatable bonds is 2. The normalized spacial score (nSPS) is 27.8. The van der Waals surface area contributed by atoms with Crippen molar-refractivity contribution >= 4 is 0 Å². The van der Waals surface area contributed by atoms with Gasteiger partial charge in [0.25, 0.3) is 0 Å². The molecular formula is C7H9F6NO2. The molecule has 9 heteroatoms. The number of alkyl halides is 6. The third-order valence-electron chi connectivity index (χ3n) is 2.03. The lowest BCUT2D eigenvalue weighted by molar-refractivity contribution is -0.333. The van der Waals surface area contributed by atoms with Gasteiger partial charge in [0.15, 0.2) is 0 Å². The molecule has 1 aliphatic heterocycles. The molecule has 0 aliphatic carbocycles. The lowest BCUT2D eigenvalue weighted by Crippen LogP contribution is -2.48. The Morgan fingerprint density at radius 2 is 1.56 bits per heavy atom. The van der Waals surface area contributed by atoms with E-state index in [1.807, 2.05) is 0 Å². The summed E-state index contributed by atoms with van der Waals surface area (Å²) in [5, 5.41) is 11.5. The summed E-state index contributed by atoms with van der Waals surface area (Å²) in [5.41, 5.74) is 0. The van der Waals surface area contributed by atoms with Crippen LogP contribution >= 0.6 is 0 Å². The Bertz CT molecular complexity index is 226. The highest BCUT2D eigenvalue weighted by molar-refractivity contribution is 4.85. The number of ether oxygens (including phenoxy) is 1. The zero-order chi connectivity index (χ0) is 12.6. The molecule has 0 aromatic heterocycles. The third kappa shape index (κ3) is 3.22. The van der Waals surface area contributed by atoms with Gasteiger partial charge in [-0.25, -0.2) is 0 Å². The number of nitrogens with one attached hydrogen (secondary N) is 1. The molecule has 1 rings (SSSR count). The van der Waals surface area contributed by atoms with Crippen molar-refractivity contribution in [2.24, 2.45) is 0 Å². The monoisotopic (exact) mass is 253 g/mol. The van der Waals surface area contributed by atoms with Gasteiger partial charge in [0, 0.05) is 13.1 Å². The number of β-amino-alcohol motifs (C(OH)–C–C–N with tert-alkyl or cyclic N) is 1. The van der Waals surface area contributed by atoms with Crippen LogP contribution in [0, 0.1) is 0 Å². The second-order valence-electron chi connectivity index (χ2n) is 3.36. The van der Waals surface area contributed by atoms with E-state index in [9.17, 15) is 26.3 Å². The predicted octanol–water partition coefficient (Wildman–Crippen LogP) is 0.829. The number of hydrogen-bond donors (Lipinski definition) is 2. The van der Waals surface area contributed by atoms with Gasteiger partial charge in [0.2, 0.25) is 6.10 Å². The van der Waals surface area contributed by atoms with E-state index in [4.69, 9.17) is 5.11 Å². The second kappa shape index (κ2) is 4.38. The van der Waals surface area contributed by atoms with Crippen molar-refractivity contribution in [2.45, 2.75) is 30.7 Å². The Hall–Kier alpha value is -0.540. The second-order valence-corrected chi connectivity index (χ2v) is 3.36. The Kier molecular flexibility index (Phi) is 3.70. The van der Waals surface area contributed by atoms with E-state index in [-0.39, 0.29) is 13.1 Å². The average Bonchev–Trinajstić information content (AvgIpc) is 2.42. The molecule has 1 fully saturated rings. The van der Waals surface area contributed by atoms with Gasteiger partial charge in [-0.05, 0) is 0 Å². The molecule has 1 aliphatic rings. The first kappa shape index (κ1) is 13.5. The van der Waals surface area contributed by atoms with Crippen molar-refractivity contribution in [2.75, 3.05) is 13.1 Å².